The summed E-state index contributed by atoms with van der Waals surface area (Å²) >= 11 is 0. The van der Waals surface area contributed by atoms with E-state index in [0.29, 0.717) is 17.8 Å². The molecule has 4 nitrogen and oxygen atoms in total. The first-order chi connectivity index (χ1) is 18.7. The molecule has 0 amide bonds. The van der Waals surface area contributed by atoms with Crippen molar-refractivity contribution in [2.45, 2.75) is 162 Å². The van der Waals surface area contributed by atoms with Crippen LogP contribution in [0.25, 0.3) is 0 Å². The Morgan fingerprint density at radius 3 is 2.15 bits per heavy atom. The molecule has 3 atom stereocenters. The van der Waals surface area contributed by atoms with Gasteiger partial charge in [0.1, 0.15) is 11.2 Å². The summed E-state index contributed by atoms with van der Waals surface area (Å²) < 4.78 is 13.9. The number of carboxylic acids is 1. The first-order valence-electron chi connectivity index (χ1n) is 16.5. The van der Waals surface area contributed by atoms with Crippen LogP contribution in [0.5, 0.6) is 0 Å². The Morgan fingerprint density at radius 1 is 1.05 bits per heavy atom. The van der Waals surface area contributed by atoms with E-state index in [9.17, 15) is 9.90 Å². The minimum Gasteiger partial charge on any atom is -0.540 e. The average molecular weight is 591 g/mol. The highest BCUT2D eigenvalue weighted by Crippen LogP contribution is 2.47. The van der Waals surface area contributed by atoms with Crippen molar-refractivity contribution in [3.63, 3.8) is 0 Å². The summed E-state index contributed by atoms with van der Waals surface area (Å²) in [6, 6.07) is 3.54. The second kappa shape index (κ2) is 14.9. The molecule has 40 heavy (non-hydrogen) atoms. The predicted molar refractivity (Wildman–Crippen MR) is 175 cm³/mol. The molecular weight excluding hydrogens is 529 g/mol. The van der Waals surface area contributed by atoms with E-state index in [1.54, 1.807) is 5.57 Å². The molecule has 1 N–H and O–H groups in total. The molecule has 0 heterocycles. The summed E-state index contributed by atoms with van der Waals surface area (Å²) in [5.74, 6) is 0.327. The third-order valence-electron chi connectivity index (χ3n) is 10.8. The minimum atomic E-state index is -2.25. The molecule has 2 rings (SSSR count). The van der Waals surface area contributed by atoms with Gasteiger partial charge in [0.25, 0.3) is 8.32 Å². The van der Waals surface area contributed by atoms with E-state index in [1.807, 2.05) is 6.92 Å². The van der Waals surface area contributed by atoms with Crippen molar-refractivity contribution in [3.8, 4) is 0 Å². The van der Waals surface area contributed by atoms with Crippen LogP contribution < -0.4 is 0 Å². The Labute approximate surface area is 249 Å². The van der Waals surface area contributed by atoms with E-state index in [-0.39, 0.29) is 11.0 Å². The monoisotopic (exact) mass is 590 g/mol. The number of carboxylic acid groups (broad SMARTS) is 1. The van der Waals surface area contributed by atoms with E-state index in [1.165, 1.54) is 24.6 Å². The molecule has 0 aromatic carbocycles. The molecule has 0 aromatic heterocycles. The van der Waals surface area contributed by atoms with Gasteiger partial charge in [-0.05, 0) is 93.7 Å². The van der Waals surface area contributed by atoms with Gasteiger partial charge in [0, 0.05) is 5.92 Å². The molecule has 2 aliphatic carbocycles. The zero-order chi connectivity index (χ0) is 30.2. The molecule has 6 heteroatoms. The fourth-order valence-electron chi connectivity index (χ4n) is 6.48. The minimum absolute atomic E-state index is 0.0195. The van der Waals surface area contributed by atoms with Crippen LogP contribution in [-0.4, -0.2) is 33.8 Å². The fourth-order valence-corrected chi connectivity index (χ4v) is 10.5. The second-order valence-electron chi connectivity index (χ2n) is 14.2. The van der Waals surface area contributed by atoms with E-state index in [2.05, 4.69) is 79.4 Å². The lowest BCUT2D eigenvalue weighted by atomic mass is 9.69. The zero-order valence-corrected chi connectivity index (χ0v) is 29.8. The molecule has 0 bridgehead atoms. The van der Waals surface area contributed by atoms with Gasteiger partial charge < -0.3 is 14.0 Å². The number of carbonyl (C=O) groups is 1. The number of rotatable bonds is 15. The van der Waals surface area contributed by atoms with Gasteiger partial charge >= 0.3 is 5.97 Å². The summed E-state index contributed by atoms with van der Waals surface area (Å²) in [6.07, 6.45) is 15.3. The molecule has 0 aromatic rings. The summed E-state index contributed by atoms with van der Waals surface area (Å²) in [4.78, 5) is 13.0. The van der Waals surface area contributed by atoms with Gasteiger partial charge in [-0.2, -0.15) is 0 Å². The highest BCUT2D eigenvalue weighted by Gasteiger charge is 2.50. The Balaban J connectivity index is 2.40. The Bertz CT molecular complexity index is 906. The number of hydrogen-bond donors (Lipinski definition) is 1. The molecule has 1 unspecified atom stereocenters. The lowest BCUT2D eigenvalue weighted by Crippen LogP contribution is -2.46. The molecule has 0 spiro atoms. The average Bonchev–Trinajstić information content (AvgIpc) is 3.28. The summed E-state index contributed by atoms with van der Waals surface area (Å²) in [5.41, 5.74) is 4.02. The largest absolute Gasteiger partial charge is 0.540 e. The van der Waals surface area contributed by atoms with Crippen LogP contribution in [-0.2, 0) is 13.6 Å². The molecule has 0 radical (unpaired) electrons. The summed E-state index contributed by atoms with van der Waals surface area (Å²) in [7, 11) is -3.94. The van der Waals surface area contributed by atoms with E-state index in [4.69, 9.17) is 8.85 Å². The van der Waals surface area contributed by atoms with E-state index in [0.717, 1.165) is 57.8 Å². The number of aliphatic carboxylic acids is 1. The van der Waals surface area contributed by atoms with Crippen LogP contribution in [0.2, 0.25) is 36.3 Å². The molecule has 1 saturated carbocycles. The molecule has 2 aliphatic rings. The zero-order valence-electron chi connectivity index (χ0n) is 27.8. The summed E-state index contributed by atoms with van der Waals surface area (Å²) in [5, 5.41) is 10.6. The fraction of sp³-hybridized carbons (Fsp3) is 0.824. The molecule has 0 aliphatic heterocycles. The van der Waals surface area contributed by atoms with Crippen LogP contribution in [0.15, 0.2) is 29.2 Å². The van der Waals surface area contributed by atoms with Gasteiger partial charge in [0.15, 0.2) is 8.32 Å². The van der Waals surface area contributed by atoms with Gasteiger partial charge in [-0.1, -0.05) is 91.5 Å². The highest BCUT2D eigenvalue weighted by molar-refractivity contribution is 6.74. The van der Waals surface area contributed by atoms with Crippen LogP contribution in [0, 0.1) is 17.3 Å². The Hall–Kier alpha value is -1.08. The first kappa shape index (κ1) is 35.1. The van der Waals surface area contributed by atoms with Crippen molar-refractivity contribution in [1.82, 2.24) is 0 Å². The Morgan fingerprint density at radius 2 is 1.65 bits per heavy atom. The highest BCUT2D eigenvalue weighted by atomic mass is 28.4. The van der Waals surface area contributed by atoms with Gasteiger partial charge in [-0.3, -0.25) is 4.79 Å². The van der Waals surface area contributed by atoms with Gasteiger partial charge in [-0.25, -0.2) is 0 Å². The van der Waals surface area contributed by atoms with Crippen molar-refractivity contribution in [3.05, 3.63) is 29.2 Å². The van der Waals surface area contributed by atoms with Crippen molar-refractivity contribution < 1.29 is 18.8 Å². The van der Waals surface area contributed by atoms with E-state index < -0.39 is 28.0 Å². The molecule has 230 valence electrons. The molecule has 1 fully saturated rings. The lowest BCUT2D eigenvalue weighted by Gasteiger charge is -2.43. The third-order valence-corrected chi connectivity index (χ3v) is 19.8. The van der Waals surface area contributed by atoms with Crippen LogP contribution >= 0.6 is 0 Å². The lowest BCUT2D eigenvalue weighted by molar-refractivity contribution is -0.151. The van der Waals surface area contributed by atoms with E-state index >= 15 is 0 Å². The topological polar surface area (TPSA) is 55.8 Å². The maximum Gasteiger partial charge on any atom is 0.317 e. The quantitative estimate of drug-likeness (QED) is 0.0892. The smallest absolute Gasteiger partial charge is 0.317 e. The summed E-state index contributed by atoms with van der Waals surface area (Å²) in [6.45, 7) is 22.2. The second-order valence-corrected chi connectivity index (χ2v) is 23.7. The molecule has 0 saturated heterocycles. The predicted octanol–water partition coefficient (Wildman–Crippen LogP) is 10.6. The van der Waals surface area contributed by atoms with Gasteiger partial charge in [-0.15, -0.1) is 0 Å². The van der Waals surface area contributed by atoms with Crippen LogP contribution in [0.1, 0.15) is 120 Å². The van der Waals surface area contributed by atoms with Crippen LogP contribution in [0.3, 0.4) is 0 Å². The van der Waals surface area contributed by atoms with Crippen molar-refractivity contribution in [1.29, 1.82) is 0 Å². The van der Waals surface area contributed by atoms with Crippen molar-refractivity contribution in [2.24, 2.45) is 17.3 Å². The normalized spacial score (nSPS) is 22.3. The standard InChI is InChI=1S/C34H62O4Si2/c1-11-20-27-25-26-30(37-40(12-2,13-3)14-4)29(27)23-18-19-24-31(38-39(9,10)33(5,6)7)34(8,32(35)36)28-21-16-15-17-22-28/h19,25,28-30H,11-18,20-23,26H2,1-10H3,(H,35,36)/t24?,29-,30+,34?/m1/s1. The van der Waals surface area contributed by atoms with Crippen molar-refractivity contribution in [2.75, 3.05) is 0 Å². The SMILES string of the molecule is CCCC1=CC[C@H](O[Si](CC)(CC)CC)[C@@H]1CCC=C=C(O[Si](C)(C)C(C)(C)C)C(C)(C(=O)O)C1CCCCC1. The third kappa shape index (κ3) is 8.27. The van der Waals surface area contributed by atoms with Crippen molar-refractivity contribution >= 4 is 22.6 Å². The van der Waals surface area contributed by atoms with Gasteiger partial charge in [0.2, 0.25) is 0 Å². The number of hydrogen-bond acceptors (Lipinski definition) is 3. The van der Waals surface area contributed by atoms with Gasteiger partial charge in [0.05, 0.1) is 6.10 Å². The maximum atomic E-state index is 13.0. The first-order valence-corrected chi connectivity index (χ1v) is 21.9. The molecular formula is C34H62O4Si2. The maximum absolute atomic E-state index is 13.0. The van der Waals surface area contributed by atoms with Crippen LogP contribution in [0.4, 0.5) is 0 Å². The Kier molecular flexibility index (Phi) is 13.1.